The molecule has 1 aromatic heterocycles. The number of hydrogen-bond acceptors (Lipinski definition) is 4. The Bertz CT molecular complexity index is 650. The van der Waals surface area contributed by atoms with E-state index < -0.39 is 10.0 Å². The Morgan fingerprint density at radius 2 is 2.21 bits per heavy atom. The average molecular weight is 280 g/mol. The van der Waals surface area contributed by atoms with Crippen LogP contribution in [0.15, 0.2) is 35.5 Å². The van der Waals surface area contributed by atoms with Crippen LogP contribution in [0.4, 0.5) is 5.69 Å². The minimum absolute atomic E-state index is 0.116. The Kier molecular flexibility index (Phi) is 3.87. The number of nitrogen functional groups attached to an aromatic ring is 1. The fourth-order valence-electron chi connectivity index (χ4n) is 1.70. The molecule has 0 aliphatic rings. The zero-order valence-electron chi connectivity index (χ0n) is 10.6. The van der Waals surface area contributed by atoms with Gasteiger partial charge in [0.15, 0.2) is 0 Å². The maximum Gasteiger partial charge on any atom is 0.241 e. The first kappa shape index (κ1) is 13.6. The highest BCUT2D eigenvalue weighted by atomic mass is 32.2. The fourth-order valence-corrected chi connectivity index (χ4v) is 2.73. The van der Waals surface area contributed by atoms with E-state index in [2.05, 4.69) is 14.7 Å². The van der Waals surface area contributed by atoms with E-state index in [1.807, 2.05) is 6.92 Å². The summed E-state index contributed by atoms with van der Waals surface area (Å²) in [6, 6.07) is 4.76. The Morgan fingerprint density at radius 3 is 2.79 bits per heavy atom. The molecule has 0 unspecified atom stereocenters. The number of nitrogens with one attached hydrogen (secondary N) is 2. The molecule has 0 saturated heterocycles. The number of aryl methyl sites for hydroxylation is 1. The number of aromatic nitrogens is 2. The highest BCUT2D eigenvalue weighted by molar-refractivity contribution is 7.89. The van der Waals surface area contributed by atoms with E-state index in [-0.39, 0.29) is 11.4 Å². The number of rotatable bonds is 5. The van der Waals surface area contributed by atoms with Gasteiger partial charge in [0.1, 0.15) is 5.82 Å². The molecule has 0 radical (unpaired) electrons. The lowest BCUT2D eigenvalue weighted by Gasteiger charge is -2.08. The van der Waals surface area contributed by atoms with Crippen LogP contribution in [0.5, 0.6) is 0 Å². The molecule has 0 spiro atoms. The summed E-state index contributed by atoms with van der Waals surface area (Å²) in [7, 11) is -3.57. The first-order valence-electron chi connectivity index (χ1n) is 5.89. The van der Waals surface area contributed by atoms with Crippen LogP contribution in [0.25, 0.3) is 0 Å². The second kappa shape index (κ2) is 5.41. The van der Waals surface area contributed by atoms with Gasteiger partial charge in [0.05, 0.1) is 11.4 Å². The maximum atomic E-state index is 12.1. The zero-order chi connectivity index (χ0) is 13.9. The Balaban J connectivity index is 2.17. The number of nitrogens with zero attached hydrogens (tertiary/aromatic N) is 1. The molecule has 0 aliphatic carbocycles. The van der Waals surface area contributed by atoms with E-state index in [1.54, 1.807) is 24.5 Å². The third-order valence-corrected chi connectivity index (χ3v) is 4.19. The predicted octanol–water partition coefficient (Wildman–Crippen LogP) is 1.03. The van der Waals surface area contributed by atoms with Crippen LogP contribution in [-0.4, -0.2) is 18.4 Å². The number of benzene rings is 1. The number of H-pyrrole nitrogens is 1. The Hall–Kier alpha value is -1.86. The van der Waals surface area contributed by atoms with Crippen molar-refractivity contribution in [3.8, 4) is 0 Å². The topological polar surface area (TPSA) is 101 Å². The standard InChI is InChI=1S/C12H16N4O2S/c1-2-9-3-4-10(7-11(9)13)19(17,18)16-8-12-14-5-6-15-12/h3-7,16H,2,8,13H2,1H3,(H,14,15). The van der Waals surface area contributed by atoms with Crippen molar-refractivity contribution in [1.29, 1.82) is 0 Å². The molecule has 7 heteroatoms. The van der Waals surface area contributed by atoms with Crippen molar-refractivity contribution in [2.24, 2.45) is 0 Å². The number of sulfonamides is 1. The minimum Gasteiger partial charge on any atom is -0.398 e. The SMILES string of the molecule is CCc1ccc(S(=O)(=O)NCc2ncc[nH]2)cc1N. The summed E-state index contributed by atoms with van der Waals surface area (Å²) in [4.78, 5) is 6.94. The van der Waals surface area contributed by atoms with Crippen LogP contribution in [0.3, 0.4) is 0 Å². The molecule has 0 fully saturated rings. The van der Waals surface area contributed by atoms with E-state index in [4.69, 9.17) is 5.73 Å². The summed E-state index contributed by atoms with van der Waals surface area (Å²) >= 11 is 0. The summed E-state index contributed by atoms with van der Waals surface area (Å²) in [6.45, 7) is 2.08. The molecular weight excluding hydrogens is 264 g/mol. The molecule has 0 saturated carbocycles. The number of aromatic amines is 1. The van der Waals surface area contributed by atoms with Gasteiger partial charge in [-0.3, -0.25) is 0 Å². The summed E-state index contributed by atoms with van der Waals surface area (Å²) < 4.78 is 26.6. The molecule has 6 nitrogen and oxygen atoms in total. The van der Waals surface area contributed by atoms with Crippen LogP contribution in [0.2, 0.25) is 0 Å². The first-order valence-corrected chi connectivity index (χ1v) is 7.37. The molecule has 0 aliphatic heterocycles. The van der Waals surface area contributed by atoms with Crippen LogP contribution in [0.1, 0.15) is 18.3 Å². The molecule has 0 amide bonds. The lowest BCUT2D eigenvalue weighted by Crippen LogP contribution is -2.24. The van der Waals surface area contributed by atoms with Gasteiger partial charge in [-0.25, -0.2) is 18.1 Å². The second-order valence-corrected chi connectivity index (χ2v) is 5.84. The van der Waals surface area contributed by atoms with Crippen molar-refractivity contribution in [2.45, 2.75) is 24.8 Å². The van der Waals surface area contributed by atoms with Crippen molar-refractivity contribution < 1.29 is 8.42 Å². The van der Waals surface area contributed by atoms with Gasteiger partial charge in [-0.15, -0.1) is 0 Å². The third kappa shape index (κ3) is 3.12. The van der Waals surface area contributed by atoms with E-state index >= 15 is 0 Å². The summed E-state index contributed by atoms with van der Waals surface area (Å²) in [5, 5.41) is 0. The zero-order valence-corrected chi connectivity index (χ0v) is 11.4. The highest BCUT2D eigenvalue weighted by Crippen LogP contribution is 2.18. The molecular formula is C12H16N4O2S. The van der Waals surface area contributed by atoms with Gasteiger partial charge < -0.3 is 10.7 Å². The normalized spacial score (nSPS) is 11.6. The molecule has 2 aromatic rings. The van der Waals surface area contributed by atoms with Crippen LogP contribution in [-0.2, 0) is 23.0 Å². The average Bonchev–Trinajstić information content (AvgIpc) is 2.89. The molecule has 4 N–H and O–H groups in total. The summed E-state index contributed by atoms with van der Waals surface area (Å²) in [5.41, 5.74) is 7.23. The number of nitrogens with two attached hydrogens (primary N) is 1. The molecule has 1 aromatic carbocycles. The van der Waals surface area contributed by atoms with Crippen LogP contribution in [0, 0.1) is 0 Å². The lowest BCUT2D eigenvalue weighted by molar-refractivity contribution is 0.579. The van der Waals surface area contributed by atoms with Crippen LogP contribution < -0.4 is 10.5 Å². The quantitative estimate of drug-likeness (QED) is 0.712. The fraction of sp³-hybridized carbons (Fsp3) is 0.250. The lowest BCUT2D eigenvalue weighted by atomic mass is 10.1. The second-order valence-electron chi connectivity index (χ2n) is 4.07. The van der Waals surface area contributed by atoms with Crippen LogP contribution >= 0.6 is 0 Å². The van der Waals surface area contributed by atoms with Crippen molar-refractivity contribution in [3.63, 3.8) is 0 Å². The van der Waals surface area contributed by atoms with Gasteiger partial charge in [-0.2, -0.15) is 0 Å². The van der Waals surface area contributed by atoms with Crippen molar-refractivity contribution in [3.05, 3.63) is 42.0 Å². The summed E-state index contributed by atoms with van der Waals surface area (Å²) in [6.07, 6.45) is 3.97. The minimum atomic E-state index is -3.57. The Labute approximate surface area is 112 Å². The molecule has 2 rings (SSSR count). The first-order chi connectivity index (χ1) is 9.03. The van der Waals surface area contributed by atoms with Gasteiger partial charge in [-0.05, 0) is 24.1 Å². The Morgan fingerprint density at radius 1 is 1.42 bits per heavy atom. The molecule has 19 heavy (non-hydrogen) atoms. The van der Waals surface area contributed by atoms with E-state index in [1.165, 1.54) is 6.07 Å². The highest BCUT2D eigenvalue weighted by Gasteiger charge is 2.15. The predicted molar refractivity (Wildman–Crippen MR) is 72.8 cm³/mol. The third-order valence-electron chi connectivity index (χ3n) is 2.79. The van der Waals surface area contributed by atoms with E-state index in [0.29, 0.717) is 11.5 Å². The van der Waals surface area contributed by atoms with Crippen molar-refractivity contribution in [2.75, 3.05) is 5.73 Å². The van der Waals surface area contributed by atoms with Gasteiger partial charge >= 0.3 is 0 Å². The van der Waals surface area contributed by atoms with Crippen molar-refractivity contribution >= 4 is 15.7 Å². The molecule has 0 atom stereocenters. The maximum absolute atomic E-state index is 12.1. The number of imidazole rings is 1. The summed E-state index contributed by atoms with van der Waals surface area (Å²) in [5.74, 6) is 0.557. The molecule has 1 heterocycles. The van der Waals surface area contributed by atoms with E-state index in [9.17, 15) is 8.42 Å². The van der Waals surface area contributed by atoms with Gasteiger partial charge in [0.2, 0.25) is 10.0 Å². The monoisotopic (exact) mass is 280 g/mol. The van der Waals surface area contributed by atoms with Gasteiger partial charge in [0.25, 0.3) is 0 Å². The van der Waals surface area contributed by atoms with Gasteiger partial charge in [0, 0.05) is 18.1 Å². The number of anilines is 1. The van der Waals surface area contributed by atoms with E-state index in [0.717, 1.165) is 12.0 Å². The smallest absolute Gasteiger partial charge is 0.241 e. The molecule has 102 valence electrons. The largest absolute Gasteiger partial charge is 0.398 e. The molecule has 0 bridgehead atoms. The van der Waals surface area contributed by atoms with Gasteiger partial charge in [-0.1, -0.05) is 13.0 Å². The number of hydrogen-bond donors (Lipinski definition) is 3. The van der Waals surface area contributed by atoms with Crippen molar-refractivity contribution in [1.82, 2.24) is 14.7 Å².